The van der Waals surface area contributed by atoms with Crippen LogP contribution in [0.4, 0.5) is 13.2 Å². The summed E-state index contributed by atoms with van der Waals surface area (Å²) in [6.45, 7) is 1.66. The number of aliphatic hydroxyl groups is 1. The fourth-order valence-corrected chi connectivity index (χ4v) is 1.30. The molecule has 1 aromatic carbocycles. The Kier molecular flexibility index (Phi) is 3.61. The Hall–Kier alpha value is -1.47. The van der Waals surface area contributed by atoms with Crippen LogP contribution < -0.4 is 0 Å². The molecule has 0 saturated carbocycles. The van der Waals surface area contributed by atoms with Crippen LogP contribution in [0.3, 0.4) is 0 Å². The zero-order chi connectivity index (χ0) is 12.3. The van der Waals surface area contributed by atoms with Crippen LogP contribution in [0.15, 0.2) is 24.3 Å². The first-order valence-electron chi connectivity index (χ1n) is 4.67. The van der Waals surface area contributed by atoms with Gasteiger partial charge in [0.15, 0.2) is 0 Å². The Bertz CT molecular complexity index is 386. The first-order chi connectivity index (χ1) is 7.36. The number of terminal acetylenes is 1. The van der Waals surface area contributed by atoms with Crippen LogP contribution in [0.5, 0.6) is 0 Å². The lowest BCUT2D eigenvalue weighted by atomic mass is 9.95. The molecular formula is C12H11F3O. The minimum Gasteiger partial charge on any atom is -0.380 e. The van der Waals surface area contributed by atoms with E-state index >= 15 is 0 Å². The van der Waals surface area contributed by atoms with Gasteiger partial charge in [0.25, 0.3) is 0 Å². The highest BCUT2D eigenvalue weighted by Gasteiger charge is 2.30. The topological polar surface area (TPSA) is 20.2 Å². The summed E-state index contributed by atoms with van der Waals surface area (Å²) in [7, 11) is 0. The summed E-state index contributed by atoms with van der Waals surface area (Å²) in [6.07, 6.45) is -0.300. The van der Waals surface area contributed by atoms with Crippen molar-refractivity contribution in [3.8, 4) is 12.3 Å². The molecule has 16 heavy (non-hydrogen) atoms. The highest BCUT2D eigenvalue weighted by Crippen LogP contribution is 2.30. The molecule has 0 amide bonds. The van der Waals surface area contributed by atoms with E-state index < -0.39 is 17.8 Å². The molecule has 0 bridgehead atoms. The van der Waals surface area contributed by atoms with E-state index in [1.807, 2.05) is 0 Å². The maximum atomic E-state index is 12.3. The van der Waals surface area contributed by atoms with E-state index in [9.17, 15) is 18.3 Å². The van der Waals surface area contributed by atoms with Crippen molar-refractivity contribution in [2.24, 2.45) is 0 Å². The second kappa shape index (κ2) is 4.58. The molecule has 1 nitrogen and oxygen atoms in total. The number of benzene rings is 1. The van der Waals surface area contributed by atoms with Crippen molar-refractivity contribution in [1.82, 2.24) is 0 Å². The molecule has 0 aliphatic rings. The molecule has 1 N–H and O–H groups in total. The van der Waals surface area contributed by atoms with Crippen molar-refractivity contribution in [2.75, 3.05) is 0 Å². The minimum absolute atomic E-state index is 0.382. The minimum atomic E-state index is -4.34. The molecule has 4 heteroatoms. The molecule has 0 radical (unpaired) electrons. The number of hydrogen-bond donors (Lipinski definition) is 1. The van der Waals surface area contributed by atoms with Crippen LogP contribution in [0.25, 0.3) is 0 Å². The van der Waals surface area contributed by atoms with Gasteiger partial charge in [0.2, 0.25) is 0 Å². The summed E-state index contributed by atoms with van der Waals surface area (Å²) < 4.78 is 36.8. The van der Waals surface area contributed by atoms with Crippen molar-refractivity contribution in [3.05, 3.63) is 35.4 Å². The van der Waals surface area contributed by atoms with Crippen molar-refractivity contribution in [2.45, 2.75) is 25.1 Å². The van der Waals surface area contributed by atoms with Crippen molar-refractivity contribution in [1.29, 1.82) is 0 Å². The number of hydrogen-bond acceptors (Lipinski definition) is 1. The molecule has 1 rings (SSSR count). The summed E-state index contributed by atoms with van der Waals surface area (Å²) in [4.78, 5) is 0. The Morgan fingerprint density at radius 2 is 1.75 bits per heavy atom. The van der Waals surface area contributed by atoms with Crippen LogP contribution in [0.2, 0.25) is 0 Å². The van der Waals surface area contributed by atoms with Gasteiger partial charge in [-0.05, 0) is 17.7 Å². The maximum Gasteiger partial charge on any atom is 0.416 e. The summed E-state index contributed by atoms with van der Waals surface area (Å²) in [5.41, 5.74) is -0.128. The number of aliphatic hydroxyl groups excluding tert-OH is 1. The van der Waals surface area contributed by atoms with Crippen LogP contribution in [0, 0.1) is 12.3 Å². The lowest BCUT2D eigenvalue weighted by molar-refractivity contribution is -0.137. The SMILES string of the molecule is C#CC(O)C(C)c1ccc(C(F)(F)F)cc1. The third-order valence-electron chi connectivity index (χ3n) is 2.41. The van der Waals surface area contributed by atoms with Crippen molar-refractivity contribution < 1.29 is 18.3 Å². The number of halogens is 3. The lowest BCUT2D eigenvalue weighted by Gasteiger charge is -2.15. The predicted octanol–water partition coefficient (Wildman–Crippen LogP) is 2.80. The Labute approximate surface area is 91.9 Å². The zero-order valence-electron chi connectivity index (χ0n) is 8.62. The molecule has 86 valence electrons. The van der Waals surface area contributed by atoms with Crippen LogP contribution in [-0.2, 0) is 6.18 Å². The Morgan fingerprint density at radius 3 is 2.12 bits per heavy atom. The summed E-state index contributed by atoms with van der Waals surface area (Å²) >= 11 is 0. The van der Waals surface area contributed by atoms with Gasteiger partial charge in [-0.2, -0.15) is 13.2 Å². The first kappa shape index (κ1) is 12.6. The fourth-order valence-electron chi connectivity index (χ4n) is 1.30. The molecule has 1 aromatic rings. The van der Waals surface area contributed by atoms with Crippen molar-refractivity contribution >= 4 is 0 Å². The second-order valence-corrected chi connectivity index (χ2v) is 3.52. The van der Waals surface area contributed by atoms with Gasteiger partial charge in [-0.25, -0.2) is 0 Å². The molecule has 2 unspecified atom stereocenters. The smallest absolute Gasteiger partial charge is 0.380 e. The summed E-state index contributed by atoms with van der Waals surface area (Å²) in [5.74, 6) is 1.76. The summed E-state index contributed by atoms with van der Waals surface area (Å²) in [5, 5.41) is 9.35. The molecule has 0 aromatic heterocycles. The highest BCUT2D eigenvalue weighted by molar-refractivity contribution is 5.28. The molecule has 0 heterocycles. The second-order valence-electron chi connectivity index (χ2n) is 3.52. The van der Waals surface area contributed by atoms with Gasteiger partial charge < -0.3 is 5.11 Å². The van der Waals surface area contributed by atoms with Crippen LogP contribution in [-0.4, -0.2) is 11.2 Å². The van der Waals surface area contributed by atoms with E-state index in [2.05, 4.69) is 5.92 Å². The molecule has 0 saturated heterocycles. The summed E-state index contributed by atoms with van der Waals surface area (Å²) in [6, 6.07) is 4.62. The molecule has 2 atom stereocenters. The van der Waals surface area contributed by atoms with E-state index in [0.29, 0.717) is 5.56 Å². The van der Waals surface area contributed by atoms with E-state index in [-0.39, 0.29) is 5.92 Å². The van der Waals surface area contributed by atoms with Gasteiger partial charge in [0.05, 0.1) is 5.56 Å². The molecule has 0 spiro atoms. The molecule has 0 aliphatic carbocycles. The van der Waals surface area contributed by atoms with E-state index in [0.717, 1.165) is 12.1 Å². The fraction of sp³-hybridized carbons (Fsp3) is 0.333. The normalized spacial score (nSPS) is 15.2. The van der Waals surface area contributed by atoms with E-state index in [4.69, 9.17) is 6.42 Å². The average molecular weight is 228 g/mol. The largest absolute Gasteiger partial charge is 0.416 e. The molecule has 0 aliphatic heterocycles. The maximum absolute atomic E-state index is 12.3. The average Bonchev–Trinajstić information content (AvgIpc) is 2.26. The van der Waals surface area contributed by atoms with Crippen LogP contribution >= 0.6 is 0 Å². The third kappa shape index (κ3) is 2.77. The van der Waals surface area contributed by atoms with Gasteiger partial charge in [-0.3, -0.25) is 0 Å². The zero-order valence-corrected chi connectivity index (χ0v) is 8.62. The van der Waals surface area contributed by atoms with E-state index in [1.54, 1.807) is 6.92 Å². The van der Waals surface area contributed by atoms with Gasteiger partial charge in [-0.1, -0.05) is 25.0 Å². The first-order valence-corrected chi connectivity index (χ1v) is 4.67. The third-order valence-corrected chi connectivity index (χ3v) is 2.41. The highest BCUT2D eigenvalue weighted by atomic mass is 19.4. The lowest BCUT2D eigenvalue weighted by Crippen LogP contribution is -2.13. The molecular weight excluding hydrogens is 217 g/mol. The Balaban J connectivity index is 2.92. The van der Waals surface area contributed by atoms with Crippen LogP contribution in [0.1, 0.15) is 24.0 Å². The van der Waals surface area contributed by atoms with Gasteiger partial charge in [-0.15, -0.1) is 6.42 Å². The van der Waals surface area contributed by atoms with Crippen molar-refractivity contribution in [3.63, 3.8) is 0 Å². The number of rotatable bonds is 2. The molecule has 0 fully saturated rings. The van der Waals surface area contributed by atoms with Gasteiger partial charge in [0, 0.05) is 5.92 Å². The number of alkyl halides is 3. The van der Waals surface area contributed by atoms with Gasteiger partial charge in [0.1, 0.15) is 6.10 Å². The standard InChI is InChI=1S/C12H11F3O/c1-3-11(16)8(2)9-4-6-10(7-5-9)12(13,14)15/h1,4-8,11,16H,2H3. The van der Waals surface area contributed by atoms with E-state index in [1.165, 1.54) is 12.1 Å². The Morgan fingerprint density at radius 1 is 1.25 bits per heavy atom. The predicted molar refractivity (Wildman–Crippen MR) is 54.7 cm³/mol. The van der Waals surface area contributed by atoms with Gasteiger partial charge >= 0.3 is 6.18 Å². The quantitative estimate of drug-likeness (QED) is 0.772. The monoisotopic (exact) mass is 228 g/mol.